The maximum atomic E-state index is 11.8. The first-order valence-electron chi connectivity index (χ1n) is 5.93. The molecule has 0 atom stereocenters. The second-order valence-electron chi connectivity index (χ2n) is 4.06. The molecule has 2 aromatic carbocycles. The summed E-state index contributed by atoms with van der Waals surface area (Å²) in [6.45, 7) is 0.0422. The topological polar surface area (TPSA) is 43.4 Å². The van der Waals surface area contributed by atoms with Crippen LogP contribution in [-0.4, -0.2) is 8.42 Å². The molecular formula is C15H13IO3S. The molecule has 0 aliphatic carbocycles. The summed E-state index contributed by atoms with van der Waals surface area (Å²) in [7, 11) is -3.68. The van der Waals surface area contributed by atoms with Crippen LogP contribution in [0.2, 0.25) is 0 Å². The van der Waals surface area contributed by atoms with E-state index in [4.69, 9.17) is 4.18 Å². The van der Waals surface area contributed by atoms with E-state index in [1.165, 1.54) is 6.08 Å². The Bertz CT molecular complexity index is 694. The fraction of sp³-hybridized carbons (Fsp3) is 0.0667. The van der Waals surface area contributed by atoms with Gasteiger partial charge in [-0.3, -0.25) is 4.18 Å². The molecule has 0 unspecified atom stereocenters. The van der Waals surface area contributed by atoms with E-state index in [9.17, 15) is 8.42 Å². The van der Waals surface area contributed by atoms with E-state index in [0.717, 1.165) is 20.1 Å². The van der Waals surface area contributed by atoms with Crippen LogP contribution in [-0.2, 0) is 20.9 Å². The predicted molar refractivity (Wildman–Crippen MR) is 88.3 cm³/mol. The van der Waals surface area contributed by atoms with Crippen molar-refractivity contribution in [3.8, 4) is 0 Å². The molecule has 2 aromatic rings. The fourth-order valence-electron chi connectivity index (χ4n) is 1.53. The van der Waals surface area contributed by atoms with E-state index in [1.54, 1.807) is 0 Å². The van der Waals surface area contributed by atoms with Gasteiger partial charge >= 0.3 is 0 Å². The summed E-state index contributed by atoms with van der Waals surface area (Å²) < 4.78 is 29.5. The van der Waals surface area contributed by atoms with Crippen molar-refractivity contribution in [1.29, 1.82) is 0 Å². The number of hydrogen-bond donors (Lipinski definition) is 0. The molecule has 0 heterocycles. The minimum Gasteiger partial charge on any atom is -0.262 e. The smallest absolute Gasteiger partial charge is 0.262 e. The van der Waals surface area contributed by atoms with Gasteiger partial charge in [0.05, 0.1) is 12.0 Å². The maximum Gasteiger partial charge on any atom is 0.290 e. The molecular weight excluding hydrogens is 387 g/mol. The summed E-state index contributed by atoms with van der Waals surface area (Å²) in [5.74, 6) is 0. The Morgan fingerprint density at radius 1 is 1.00 bits per heavy atom. The first kappa shape index (κ1) is 15.2. The average molecular weight is 400 g/mol. The molecule has 0 saturated heterocycles. The van der Waals surface area contributed by atoms with E-state index in [-0.39, 0.29) is 6.61 Å². The lowest BCUT2D eigenvalue weighted by atomic mass is 10.2. The molecule has 0 radical (unpaired) electrons. The second-order valence-corrected chi connectivity index (χ2v) is 6.72. The van der Waals surface area contributed by atoms with E-state index in [0.29, 0.717) is 0 Å². The zero-order valence-electron chi connectivity index (χ0n) is 10.6. The van der Waals surface area contributed by atoms with Crippen molar-refractivity contribution in [2.24, 2.45) is 0 Å². The third-order valence-electron chi connectivity index (χ3n) is 2.56. The number of halogens is 1. The Balaban J connectivity index is 2.02. The Morgan fingerprint density at radius 3 is 2.35 bits per heavy atom. The van der Waals surface area contributed by atoms with Gasteiger partial charge in [0.2, 0.25) is 0 Å². The molecule has 0 aliphatic rings. The summed E-state index contributed by atoms with van der Waals surface area (Å²) in [6, 6.07) is 16.7. The highest BCUT2D eigenvalue weighted by atomic mass is 127. The Labute approximate surface area is 132 Å². The summed E-state index contributed by atoms with van der Waals surface area (Å²) in [6.07, 6.45) is 1.52. The molecule has 0 amide bonds. The summed E-state index contributed by atoms with van der Waals surface area (Å²) >= 11 is 2.15. The largest absolute Gasteiger partial charge is 0.290 e. The van der Waals surface area contributed by atoms with Crippen LogP contribution in [0.1, 0.15) is 11.1 Å². The molecule has 0 saturated carbocycles. The van der Waals surface area contributed by atoms with Crippen LogP contribution in [0.25, 0.3) is 6.08 Å². The van der Waals surface area contributed by atoms with Crippen molar-refractivity contribution >= 4 is 38.8 Å². The SMILES string of the molecule is O=S(=O)(/C=C/c1ccccc1)OCc1ccccc1I. The van der Waals surface area contributed by atoms with E-state index >= 15 is 0 Å². The van der Waals surface area contributed by atoms with Gasteiger partial charge < -0.3 is 0 Å². The lowest BCUT2D eigenvalue weighted by molar-refractivity contribution is 0.313. The van der Waals surface area contributed by atoms with Crippen molar-refractivity contribution in [2.75, 3.05) is 0 Å². The summed E-state index contributed by atoms with van der Waals surface area (Å²) in [5, 5.41) is 1.08. The zero-order chi connectivity index (χ0) is 14.4. The molecule has 3 nitrogen and oxygen atoms in total. The third kappa shape index (κ3) is 4.73. The van der Waals surface area contributed by atoms with Crippen molar-refractivity contribution in [1.82, 2.24) is 0 Å². The normalized spacial score (nSPS) is 11.8. The molecule has 0 N–H and O–H groups in total. The molecule has 2 rings (SSSR count). The van der Waals surface area contributed by atoms with Crippen LogP contribution in [0.5, 0.6) is 0 Å². The van der Waals surface area contributed by atoms with E-state index in [2.05, 4.69) is 22.6 Å². The van der Waals surface area contributed by atoms with Gasteiger partial charge in [-0.25, -0.2) is 0 Å². The first-order chi connectivity index (χ1) is 9.57. The minimum absolute atomic E-state index is 0.0422. The number of hydrogen-bond acceptors (Lipinski definition) is 3. The molecule has 0 aromatic heterocycles. The highest BCUT2D eigenvalue weighted by Gasteiger charge is 2.08. The average Bonchev–Trinajstić information content (AvgIpc) is 2.46. The van der Waals surface area contributed by atoms with Gasteiger partial charge in [-0.15, -0.1) is 0 Å². The maximum absolute atomic E-state index is 11.8. The van der Waals surface area contributed by atoms with Crippen LogP contribution < -0.4 is 0 Å². The Kier molecular flexibility index (Phi) is 5.33. The highest BCUT2D eigenvalue weighted by molar-refractivity contribution is 14.1. The van der Waals surface area contributed by atoms with Gasteiger partial charge in [0.15, 0.2) is 0 Å². The highest BCUT2D eigenvalue weighted by Crippen LogP contribution is 2.14. The number of rotatable bonds is 5. The lowest BCUT2D eigenvalue weighted by Crippen LogP contribution is -2.03. The predicted octanol–water partition coefficient (Wildman–Crippen LogP) is 3.81. The molecule has 0 bridgehead atoms. The summed E-state index contributed by atoms with van der Waals surface area (Å²) in [4.78, 5) is 0. The van der Waals surface area contributed by atoms with E-state index < -0.39 is 10.1 Å². The van der Waals surface area contributed by atoms with Crippen molar-refractivity contribution in [2.45, 2.75) is 6.61 Å². The fourth-order valence-corrected chi connectivity index (χ4v) is 2.76. The lowest BCUT2D eigenvalue weighted by Gasteiger charge is -2.04. The van der Waals surface area contributed by atoms with Crippen LogP contribution in [0.15, 0.2) is 60.0 Å². The third-order valence-corrected chi connectivity index (χ3v) is 4.53. The molecule has 104 valence electrons. The van der Waals surface area contributed by atoms with Crippen molar-refractivity contribution < 1.29 is 12.6 Å². The first-order valence-corrected chi connectivity index (χ1v) is 8.48. The van der Waals surface area contributed by atoms with Crippen molar-refractivity contribution in [3.63, 3.8) is 0 Å². The van der Waals surface area contributed by atoms with Crippen molar-refractivity contribution in [3.05, 3.63) is 74.7 Å². The quantitative estimate of drug-likeness (QED) is 0.567. The van der Waals surface area contributed by atoms with Crippen LogP contribution >= 0.6 is 22.6 Å². The van der Waals surface area contributed by atoms with Gasteiger partial charge in [-0.05, 0) is 45.9 Å². The Morgan fingerprint density at radius 2 is 1.65 bits per heavy atom. The molecule has 20 heavy (non-hydrogen) atoms. The van der Waals surface area contributed by atoms with Crippen LogP contribution in [0.3, 0.4) is 0 Å². The van der Waals surface area contributed by atoms with Gasteiger partial charge in [0.25, 0.3) is 10.1 Å². The zero-order valence-corrected chi connectivity index (χ0v) is 13.5. The van der Waals surface area contributed by atoms with Crippen LogP contribution in [0, 0.1) is 3.57 Å². The van der Waals surface area contributed by atoms with Gasteiger partial charge in [0.1, 0.15) is 0 Å². The monoisotopic (exact) mass is 400 g/mol. The Hall–Kier alpha value is -1.18. The van der Waals surface area contributed by atoms with E-state index in [1.807, 2.05) is 54.6 Å². The second kappa shape index (κ2) is 7.01. The van der Waals surface area contributed by atoms with Gasteiger partial charge in [-0.1, -0.05) is 48.5 Å². The number of benzene rings is 2. The standard InChI is InChI=1S/C15H13IO3S/c16-15-9-5-4-8-14(15)12-19-20(17,18)11-10-13-6-2-1-3-7-13/h1-11H,12H2/b11-10+. The van der Waals surface area contributed by atoms with Gasteiger partial charge in [-0.2, -0.15) is 8.42 Å². The van der Waals surface area contributed by atoms with Crippen LogP contribution in [0.4, 0.5) is 0 Å². The minimum atomic E-state index is -3.68. The molecule has 0 spiro atoms. The molecule has 0 fully saturated rings. The summed E-state index contributed by atoms with van der Waals surface area (Å²) in [5.41, 5.74) is 1.67. The van der Waals surface area contributed by atoms with Gasteiger partial charge in [0, 0.05) is 3.57 Å². The molecule has 0 aliphatic heterocycles. The molecule has 5 heteroatoms.